The highest BCUT2D eigenvalue weighted by molar-refractivity contribution is 5.98. The van der Waals surface area contributed by atoms with E-state index in [2.05, 4.69) is 17.2 Å². The lowest BCUT2D eigenvalue weighted by Crippen LogP contribution is -2.29. The van der Waals surface area contributed by atoms with Crippen LogP contribution in [-0.4, -0.2) is 35.9 Å². The van der Waals surface area contributed by atoms with Crippen LogP contribution in [0, 0.1) is 11.7 Å². The van der Waals surface area contributed by atoms with Gasteiger partial charge < -0.3 is 10.2 Å². The highest BCUT2D eigenvalue weighted by atomic mass is 19.1. The summed E-state index contributed by atoms with van der Waals surface area (Å²) in [5.41, 5.74) is 0.319. The zero-order valence-electron chi connectivity index (χ0n) is 11.4. The Morgan fingerprint density at radius 2 is 2.42 bits per heavy atom. The van der Waals surface area contributed by atoms with E-state index in [9.17, 15) is 9.18 Å². The number of halogens is 1. The standard InChI is InChI=1S/C14H20FN3O/c1-3-4-10-5-6-18(9-10)14(19)12-7-11(15)8-17-13(12)16-2/h7-8,10H,3-6,9H2,1-2H3,(H,16,17). The van der Waals surface area contributed by atoms with Gasteiger partial charge in [0.25, 0.3) is 5.91 Å². The van der Waals surface area contributed by atoms with Crippen LogP contribution in [0.5, 0.6) is 0 Å². The van der Waals surface area contributed by atoms with E-state index < -0.39 is 5.82 Å². The van der Waals surface area contributed by atoms with Gasteiger partial charge in [-0.3, -0.25) is 4.79 Å². The van der Waals surface area contributed by atoms with Crippen LogP contribution in [0.2, 0.25) is 0 Å². The van der Waals surface area contributed by atoms with Crippen molar-refractivity contribution in [2.75, 3.05) is 25.5 Å². The molecular weight excluding hydrogens is 245 g/mol. The van der Waals surface area contributed by atoms with Gasteiger partial charge in [0.2, 0.25) is 0 Å². The predicted molar refractivity (Wildman–Crippen MR) is 72.7 cm³/mol. The highest BCUT2D eigenvalue weighted by Crippen LogP contribution is 2.24. The molecule has 104 valence electrons. The van der Waals surface area contributed by atoms with Crippen LogP contribution in [0.3, 0.4) is 0 Å². The van der Waals surface area contributed by atoms with Crippen LogP contribution in [0.15, 0.2) is 12.3 Å². The molecule has 1 aliphatic rings. The second-order valence-electron chi connectivity index (χ2n) is 4.99. The van der Waals surface area contributed by atoms with Gasteiger partial charge in [-0.25, -0.2) is 9.37 Å². The Balaban J connectivity index is 2.14. The molecule has 0 radical (unpaired) electrons. The monoisotopic (exact) mass is 265 g/mol. The molecule has 0 spiro atoms. The molecule has 5 heteroatoms. The van der Waals surface area contributed by atoms with Crippen molar-refractivity contribution in [2.24, 2.45) is 5.92 Å². The minimum atomic E-state index is -0.480. The number of hydrogen-bond acceptors (Lipinski definition) is 3. The molecule has 0 saturated carbocycles. The van der Waals surface area contributed by atoms with Gasteiger partial charge in [0.15, 0.2) is 0 Å². The van der Waals surface area contributed by atoms with Crippen molar-refractivity contribution in [1.29, 1.82) is 0 Å². The van der Waals surface area contributed by atoms with E-state index >= 15 is 0 Å². The summed E-state index contributed by atoms with van der Waals surface area (Å²) in [7, 11) is 1.68. The average Bonchev–Trinajstić information content (AvgIpc) is 2.87. The van der Waals surface area contributed by atoms with Crippen molar-refractivity contribution in [3.05, 3.63) is 23.6 Å². The van der Waals surface area contributed by atoms with Crippen molar-refractivity contribution < 1.29 is 9.18 Å². The number of anilines is 1. The summed E-state index contributed by atoms with van der Waals surface area (Å²) in [6.45, 7) is 3.68. The quantitative estimate of drug-likeness (QED) is 0.910. The molecule has 0 aliphatic carbocycles. The minimum absolute atomic E-state index is 0.130. The minimum Gasteiger partial charge on any atom is -0.372 e. The number of nitrogens with one attached hydrogen (secondary N) is 1. The number of aromatic nitrogens is 1. The molecule has 1 atom stereocenters. The number of hydrogen-bond donors (Lipinski definition) is 1. The Morgan fingerprint density at radius 3 is 3.11 bits per heavy atom. The molecule has 1 N–H and O–H groups in total. The molecule has 1 amide bonds. The summed E-state index contributed by atoms with van der Waals surface area (Å²) in [6, 6.07) is 1.26. The number of carbonyl (C=O) groups excluding carboxylic acids is 1. The molecular formula is C14H20FN3O. The number of amides is 1. The van der Waals surface area contributed by atoms with Crippen LogP contribution in [0.1, 0.15) is 36.5 Å². The third-order valence-electron chi connectivity index (χ3n) is 3.59. The van der Waals surface area contributed by atoms with Crippen molar-refractivity contribution in [3.63, 3.8) is 0 Å². The Morgan fingerprint density at radius 1 is 1.63 bits per heavy atom. The molecule has 1 fully saturated rings. The first-order valence-electron chi connectivity index (χ1n) is 6.78. The topological polar surface area (TPSA) is 45.2 Å². The third kappa shape index (κ3) is 3.03. The maximum Gasteiger partial charge on any atom is 0.257 e. The molecule has 1 saturated heterocycles. The maximum absolute atomic E-state index is 13.3. The summed E-state index contributed by atoms with van der Waals surface area (Å²) in [4.78, 5) is 18.1. The molecule has 2 rings (SSSR count). The van der Waals surface area contributed by atoms with Gasteiger partial charge in [0.1, 0.15) is 11.6 Å². The number of pyridine rings is 1. The van der Waals surface area contributed by atoms with E-state index in [1.165, 1.54) is 6.07 Å². The highest BCUT2D eigenvalue weighted by Gasteiger charge is 2.28. The summed E-state index contributed by atoms with van der Waals surface area (Å²) in [5.74, 6) is 0.403. The van der Waals surface area contributed by atoms with Crippen LogP contribution in [-0.2, 0) is 0 Å². The van der Waals surface area contributed by atoms with E-state index in [-0.39, 0.29) is 5.91 Å². The van der Waals surface area contributed by atoms with Crippen LogP contribution in [0.4, 0.5) is 10.2 Å². The smallest absolute Gasteiger partial charge is 0.257 e. The number of nitrogens with zero attached hydrogens (tertiary/aromatic N) is 2. The Labute approximate surface area is 113 Å². The SMILES string of the molecule is CCCC1CCN(C(=O)c2cc(F)cnc2NC)C1. The number of carbonyl (C=O) groups is 1. The van der Waals surface area contributed by atoms with E-state index in [1.807, 2.05) is 0 Å². The predicted octanol–water partition coefficient (Wildman–Crippen LogP) is 2.52. The van der Waals surface area contributed by atoms with E-state index in [0.29, 0.717) is 17.3 Å². The van der Waals surface area contributed by atoms with Crippen LogP contribution >= 0.6 is 0 Å². The molecule has 1 aromatic heterocycles. The molecule has 0 aromatic carbocycles. The number of rotatable bonds is 4. The molecule has 1 unspecified atom stereocenters. The van der Waals surface area contributed by atoms with Crippen molar-refractivity contribution in [1.82, 2.24) is 9.88 Å². The fraction of sp³-hybridized carbons (Fsp3) is 0.571. The normalized spacial score (nSPS) is 18.7. The number of likely N-dealkylation sites (tertiary alicyclic amines) is 1. The van der Waals surface area contributed by atoms with E-state index in [1.54, 1.807) is 11.9 Å². The zero-order valence-corrected chi connectivity index (χ0v) is 11.4. The lowest BCUT2D eigenvalue weighted by Gasteiger charge is -2.18. The van der Waals surface area contributed by atoms with Gasteiger partial charge in [-0.2, -0.15) is 0 Å². The zero-order chi connectivity index (χ0) is 13.8. The van der Waals surface area contributed by atoms with Gasteiger partial charge >= 0.3 is 0 Å². The van der Waals surface area contributed by atoms with Gasteiger partial charge in [-0.05, 0) is 24.8 Å². The second kappa shape index (κ2) is 5.99. The summed E-state index contributed by atoms with van der Waals surface area (Å²) < 4.78 is 13.3. The first kappa shape index (κ1) is 13.8. The average molecular weight is 265 g/mol. The molecule has 4 nitrogen and oxygen atoms in total. The van der Waals surface area contributed by atoms with Crippen molar-refractivity contribution in [2.45, 2.75) is 26.2 Å². The van der Waals surface area contributed by atoms with E-state index in [0.717, 1.165) is 38.5 Å². The second-order valence-corrected chi connectivity index (χ2v) is 4.99. The van der Waals surface area contributed by atoms with Crippen molar-refractivity contribution in [3.8, 4) is 0 Å². The third-order valence-corrected chi connectivity index (χ3v) is 3.59. The van der Waals surface area contributed by atoms with Gasteiger partial charge in [-0.15, -0.1) is 0 Å². The van der Waals surface area contributed by atoms with Crippen LogP contribution in [0.25, 0.3) is 0 Å². The lowest BCUT2D eigenvalue weighted by atomic mass is 10.0. The Hall–Kier alpha value is -1.65. The molecule has 1 aromatic rings. The van der Waals surface area contributed by atoms with E-state index in [4.69, 9.17) is 0 Å². The van der Waals surface area contributed by atoms with Crippen LogP contribution < -0.4 is 5.32 Å². The first-order chi connectivity index (χ1) is 9.15. The van der Waals surface area contributed by atoms with Gasteiger partial charge in [-0.1, -0.05) is 13.3 Å². The van der Waals surface area contributed by atoms with Crippen molar-refractivity contribution >= 4 is 11.7 Å². The largest absolute Gasteiger partial charge is 0.372 e. The Bertz CT molecular complexity index is 464. The maximum atomic E-state index is 13.3. The lowest BCUT2D eigenvalue weighted by molar-refractivity contribution is 0.0786. The molecule has 0 bridgehead atoms. The Kier molecular flexibility index (Phi) is 4.35. The first-order valence-corrected chi connectivity index (χ1v) is 6.78. The fourth-order valence-corrected chi connectivity index (χ4v) is 2.63. The molecule has 19 heavy (non-hydrogen) atoms. The summed E-state index contributed by atoms with van der Waals surface area (Å²) in [5, 5.41) is 2.84. The van der Waals surface area contributed by atoms with Gasteiger partial charge in [0, 0.05) is 20.1 Å². The fourth-order valence-electron chi connectivity index (χ4n) is 2.63. The van der Waals surface area contributed by atoms with Gasteiger partial charge in [0.05, 0.1) is 11.8 Å². The summed E-state index contributed by atoms with van der Waals surface area (Å²) >= 11 is 0. The molecule has 1 aliphatic heterocycles. The molecule has 2 heterocycles. The summed E-state index contributed by atoms with van der Waals surface area (Å²) in [6.07, 6.45) is 4.43.